The minimum absolute atomic E-state index is 0.137. The fourth-order valence-corrected chi connectivity index (χ4v) is 2.37. The Bertz CT molecular complexity index is 732. The molecule has 112 valence electrons. The Kier molecular flexibility index (Phi) is 4.85. The van der Waals surface area contributed by atoms with Crippen LogP contribution in [0.15, 0.2) is 33.9 Å². The van der Waals surface area contributed by atoms with Crippen LogP contribution in [0.5, 0.6) is 5.75 Å². The quantitative estimate of drug-likeness (QED) is 0.861. The molecule has 0 amide bonds. The zero-order valence-corrected chi connectivity index (χ0v) is 12.7. The highest BCUT2D eigenvalue weighted by atomic mass is 35.5. The van der Waals surface area contributed by atoms with Crippen LogP contribution in [-0.4, -0.2) is 16.7 Å². The molecule has 1 heterocycles. The lowest BCUT2D eigenvalue weighted by atomic mass is 10.2. The molecule has 0 fully saturated rings. The summed E-state index contributed by atoms with van der Waals surface area (Å²) >= 11 is 5.94. The minimum atomic E-state index is -0.499. The molecule has 0 aliphatic rings. The summed E-state index contributed by atoms with van der Waals surface area (Å²) in [5.41, 5.74) is 0.461. The van der Waals surface area contributed by atoms with Crippen molar-refractivity contribution in [3.63, 3.8) is 0 Å². The number of nitrogens with zero attached hydrogens (tertiary/aromatic N) is 1. The Morgan fingerprint density at radius 2 is 1.90 bits per heavy atom. The largest absolute Gasteiger partial charge is 0.497 e. The van der Waals surface area contributed by atoms with Crippen molar-refractivity contribution in [1.82, 2.24) is 9.55 Å². The van der Waals surface area contributed by atoms with Gasteiger partial charge >= 0.3 is 5.69 Å². The van der Waals surface area contributed by atoms with Gasteiger partial charge in [-0.25, -0.2) is 4.79 Å². The van der Waals surface area contributed by atoms with Crippen molar-refractivity contribution >= 4 is 11.6 Å². The lowest BCUT2D eigenvalue weighted by molar-refractivity contribution is 0.414. The molecule has 0 saturated heterocycles. The van der Waals surface area contributed by atoms with Gasteiger partial charge in [0.15, 0.2) is 0 Å². The van der Waals surface area contributed by atoms with E-state index in [0.29, 0.717) is 12.0 Å². The number of nitrogens with one attached hydrogen (secondary N) is 1. The zero-order chi connectivity index (χ0) is 15.4. The van der Waals surface area contributed by atoms with Gasteiger partial charge in [-0.15, -0.1) is 0 Å². The molecular weight excluding hydrogens is 292 g/mol. The molecule has 6 heteroatoms. The molecule has 0 radical (unpaired) electrons. The van der Waals surface area contributed by atoms with Crippen LogP contribution in [0.25, 0.3) is 0 Å². The maximum atomic E-state index is 12.4. The van der Waals surface area contributed by atoms with Crippen LogP contribution in [0, 0.1) is 0 Å². The molecule has 5 nitrogen and oxygen atoms in total. The van der Waals surface area contributed by atoms with E-state index in [1.807, 2.05) is 19.1 Å². The summed E-state index contributed by atoms with van der Waals surface area (Å²) in [7, 11) is 1.58. The third kappa shape index (κ3) is 3.36. The summed E-state index contributed by atoms with van der Waals surface area (Å²) < 4.78 is 6.25. The number of ether oxygens (including phenoxy) is 1. The highest BCUT2D eigenvalue weighted by Crippen LogP contribution is 2.12. The summed E-state index contributed by atoms with van der Waals surface area (Å²) in [4.78, 5) is 26.8. The van der Waals surface area contributed by atoms with Gasteiger partial charge in [-0.1, -0.05) is 37.1 Å². The van der Waals surface area contributed by atoms with Crippen LogP contribution in [0.2, 0.25) is 5.15 Å². The Labute approximate surface area is 127 Å². The van der Waals surface area contributed by atoms with Crippen molar-refractivity contribution < 1.29 is 4.74 Å². The third-order valence-corrected chi connectivity index (χ3v) is 3.55. The van der Waals surface area contributed by atoms with Crippen LogP contribution in [0.1, 0.15) is 24.5 Å². The second kappa shape index (κ2) is 6.63. The number of aromatic amines is 1. The molecule has 0 aliphatic heterocycles. The average Bonchev–Trinajstić information content (AvgIpc) is 2.48. The maximum absolute atomic E-state index is 12.4. The molecule has 21 heavy (non-hydrogen) atoms. The van der Waals surface area contributed by atoms with Crippen LogP contribution < -0.4 is 16.0 Å². The number of benzene rings is 1. The summed E-state index contributed by atoms with van der Waals surface area (Å²) in [5, 5.41) is 0.137. The first-order valence-electron chi connectivity index (χ1n) is 6.71. The third-order valence-electron chi connectivity index (χ3n) is 3.23. The molecular formula is C15H17ClN2O3. The van der Waals surface area contributed by atoms with Gasteiger partial charge in [0.25, 0.3) is 5.56 Å². The smallest absolute Gasteiger partial charge is 0.329 e. The van der Waals surface area contributed by atoms with Crippen LogP contribution >= 0.6 is 11.6 Å². The lowest BCUT2D eigenvalue weighted by Crippen LogP contribution is -2.37. The van der Waals surface area contributed by atoms with Gasteiger partial charge in [0.05, 0.1) is 19.2 Å². The molecule has 0 saturated carbocycles. The Morgan fingerprint density at radius 3 is 2.48 bits per heavy atom. The SMILES string of the molecule is CCCc1c(Cl)[nH]c(=O)n(Cc2ccc(OC)cc2)c1=O. The van der Waals surface area contributed by atoms with Crippen molar-refractivity contribution in [2.24, 2.45) is 0 Å². The molecule has 2 rings (SSSR count). The first-order valence-corrected chi connectivity index (χ1v) is 7.09. The zero-order valence-electron chi connectivity index (χ0n) is 12.0. The van der Waals surface area contributed by atoms with Crippen molar-refractivity contribution in [1.29, 1.82) is 0 Å². The Hall–Kier alpha value is -2.01. The van der Waals surface area contributed by atoms with Crippen LogP contribution in [0.3, 0.4) is 0 Å². The van der Waals surface area contributed by atoms with Crippen molar-refractivity contribution in [2.75, 3.05) is 7.11 Å². The van der Waals surface area contributed by atoms with E-state index >= 15 is 0 Å². The van der Waals surface area contributed by atoms with Gasteiger partial charge in [0.2, 0.25) is 0 Å². The summed E-state index contributed by atoms with van der Waals surface area (Å²) in [6, 6.07) is 7.21. The molecule has 1 aromatic carbocycles. The van der Waals surface area contributed by atoms with E-state index in [4.69, 9.17) is 16.3 Å². The number of H-pyrrole nitrogens is 1. The fraction of sp³-hybridized carbons (Fsp3) is 0.333. The van der Waals surface area contributed by atoms with Crippen molar-refractivity contribution in [2.45, 2.75) is 26.3 Å². The lowest BCUT2D eigenvalue weighted by Gasteiger charge is -2.09. The molecule has 1 aromatic heterocycles. The number of halogens is 1. The molecule has 0 spiro atoms. The van der Waals surface area contributed by atoms with Crippen molar-refractivity contribution in [3.05, 3.63) is 61.4 Å². The van der Waals surface area contributed by atoms with Gasteiger partial charge in [-0.3, -0.25) is 14.3 Å². The van der Waals surface area contributed by atoms with Gasteiger partial charge in [0, 0.05) is 0 Å². The van der Waals surface area contributed by atoms with Crippen LogP contribution in [0.4, 0.5) is 0 Å². The predicted molar refractivity (Wildman–Crippen MR) is 82.4 cm³/mol. The molecule has 0 unspecified atom stereocenters. The number of hydrogen-bond donors (Lipinski definition) is 1. The van der Waals surface area contributed by atoms with E-state index in [-0.39, 0.29) is 17.3 Å². The van der Waals surface area contributed by atoms with E-state index in [9.17, 15) is 9.59 Å². The molecule has 2 aromatic rings. The molecule has 1 N–H and O–H groups in total. The fourth-order valence-electron chi connectivity index (χ4n) is 2.11. The summed E-state index contributed by atoms with van der Waals surface area (Å²) in [6.45, 7) is 2.15. The highest BCUT2D eigenvalue weighted by molar-refractivity contribution is 6.30. The normalized spacial score (nSPS) is 10.6. The van der Waals surface area contributed by atoms with Crippen LogP contribution in [-0.2, 0) is 13.0 Å². The monoisotopic (exact) mass is 308 g/mol. The highest BCUT2D eigenvalue weighted by Gasteiger charge is 2.12. The van der Waals surface area contributed by atoms with Gasteiger partial charge in [0.1, 0.15) is 10.9 Å². The topological polar surface area (TPSA) is 64.1 Å². The Balaban J connectivity index is 2.41. The first kappa shape index (κ1) is 15.4. The summed E-state index contributed by atoms with van der Waals surface area (Å²) in [5.74, 6) is 0.725. The molecule has 0 aliphatic carbocycles. The number of methoxy groups -OCH3 is 1. The number of aromatic nitrogens is 2. The van der Waals surface area contributed by atoms with E-state index in [1.54, 1.807) is 19.2 Å². The van der Waals surface area contributed by atoms with E-state index in [1.165, 1.54) is 4.57 Å². The second-order valence-electron chi connectivity index (χ2n) is 4.71. The molecule has 0 atom stereocenters. The molecule has 0 bridgehead atoms. The van der Waals surface area contributed by atoms with Gasteiger partial charge in [-0.05, 0) is 24.1 Å². The number of hydrogen-bond acceptors (Lipinski definition) is 3. The summed E-state index contributed by atoms with van der Waals surface area (Å²) in [6.07, 6.45) is 1.32. The second-order valence-corrected chi connectivity index (χ2v) is 5.09. The minimum Gasteiger partial charge on any atom is -0.497 e. The van der Waals surface area contributed by atoms with Gasteiger partial charge in [-0.2, -0.15) is 0 Å². The maximum Gasteiger partial charge on any atom is 0.329 e. The van der Waals surface area contributed by atoms with E-state index in [2.05, 4.69) is 4.98 Å². The van der Waals surface area contributed by atoms with Crippen molar-refractivity contribution in [3.8, 4) is 5.75 Å². The van der Waals surface area contributed by atoms with E-state index < -0.39 is 5.69 Å². The standard InChI is InChI=1S/C15H17ClN2O3/c1-3-4-12-13(16)17-15(20)18(14(12)19)9-10-5-7-11(21-2)8-6-10/h5-8H,3-4,9H2,1-2H3,(H,17,20). The Morgan fingerprint density at radius 1 is 1.24 bits per heavy atom. The predicted octanol–water partition coefficient (Wildman–Crippen LogP) is 2.20. The average molecular weight is 309 g/mol. The first-order chi connectivity index (χ1) is 10.1. The van der Waals surface area contributed by atoms with E-state index in [0.717, 1.165) is 17.7 Å². The number of rotatable bonds is 5. The van der Waals surface area contributed by atoms with Gasteiger partial charge < -0.3 is 4.74 Å².